The van der Waals surface area contributed by atoms with Gasteiger partial charge in [-0.2, -0.15) is 0 Å². The van der Waals surface area contributed by atoms with Crippen LogP contribution in [0.5, 0.6) is 0 Å². The molecule has 0 aliphatic rings. The number of carbonyl (C=O) groups is 1. The zero-order valence-electron chi connectivity index (χ0n) is 15.1. The summed E-state index contributed by atoms with van der Waals surface area (Å²) in [5.41, 5.74) is 0. The van der Waals surface area contributed by atoms with Crippen LogP contribution in [0.3, 0.4) is 0 Å². The van der Waals surface area contributed by atoms with E-state index in [0.29, 0.717) is 6.42 Å². The molecule has 0 saturated heterocycles. The van der Waals surface area contributed by atoms with E-state index in [4.69, 9.17) is 5.11 Å². The van der Waals surface area contributed by atoms with Gasteiger partial charge in [0.05, 0.1) is 6.10 Å². The average Bonchev–Trinajstić information content (AvgIpc) is 2.45. The van der Waals surface area contributed by atoms with Gasteiger partial charge >= 0.3 is 35.5 Å². The number of aliphatic hydroxyl groups excluding tert-OH is 1. The van der Waals surface area contributed by atoms with E-state index < -0.39 is 5.97 Å². The largest absolute Gasteiger partial charge is 1.00 e. The fraction of sp³-hybridized carbons (Fsp3) is 0.833. The fourth-order valence-corrected chi connectivity index (χ4v) is 2.36. The molecule has 0 rings (SSSR count). The molecule has 5 heteroatoms. The second-order valence-electron chi connectivity index (χ2n) is 5.91. The first-order valence-electron chi connectivity index (χ1n) is 8.71. The number of allylic oxidation sites excluding steroid dienone is 1. The number of carboxylic acids is 1. The van der Waals surface area contributed by atoms with Crippen LogP contribution >= 0.6 is 0 Å². The topological polar surface area (TPSA) is 57.5 Å². The van der Waals surface area contributed by atoms with Crippen LogP contribution in [0, 0.1) is 0 Å². The third-order valence-electron chi connectivity index (χ3n) is 3.73. The zero-order valence-corrected chi connectivity index (χ0v) is 17.9. The van der Waals surface area contributed by atoms with Crippen LogP contribution in [-0.2, 0) is 4.79 Å². The molecule has 0 aromatic carbocycles. The number of hydrogen-bond acceptors (Lipinski definition) is 2. The second kappa shape index (κ2) is 22.5. The number of aliphatic carboxylic acids is 1. The monoisotopic (exact) mass is 356 g/mol. The first-order chi connectivity index (χ1) is 10.2. The summed E-state index contributed by atoms with van der Waals surface area (Å²) >= 11 is 0. The quantitative estimate of drug-likeness (QED) is 0.227. The van der Waals surface area contributed by atoms with Crippen LogP contribution < -0.4 is 42.0 Å². The normalized spacial score (nSPS) is 11.7. The Kier molecular flexibility index (Phi) is 27.6. The molecule has 3 nitrogen and oxygen atoms in total. The predicted molar refractivity (Wildman–Crippen MR) is 88.5 cm³/mol. The van der Waals surface area contributed by atoms with Gasteiger partial charge in [-0.3, -0.25) is 4.79 Å². The van der Waals surface area contributed by atoms with Crippen molar-refractivity contribution in [1.82, 2.24) is 0 Å². The molecule has 0 radical (unpaired) electrons. The summed E-state index contributed by atoms with van der Waals surface area (Å²) in [6, 6.07) is 0. The van der Waals surface area contributed by atoms with Gasteiger partial charge in [-0.05, 0) is 32.1 Å². The van der Waals surface area contributed by atoms with E-state index in [1.54, 1.807) is 0 Å². The minimum absolute atomic E-state index is 0. The fourth-order valence-electron chi connectivity index (χ4n) is 2.36. The Bertz CT molecular complexity index is 273. The number of hydrogen-bond donors (Lipinski definition) is 2. The predicted octanol–water partition coefficient (Wildman–Crippen LogP) is -0.913. The van der Waals surface area contributed by atoms with Crippen molar-refractivity contribution in [2.45, 2.75) is 96.5 Å². The van der Waals surface area contributed by atoms with Crippen LogP contribution in [0.1, 0.15) is 90.4 Å². The summed E-state index contributed by atoms with van der Waals surface area (Å²) in [6.45, 7) is 2.20. The molecule has 0 aromatic rings. The van der Waals surface area contributed by atoms with E-state index >= 15 is 0 Å². The summed E-state index contributed by atoms with van der Waals surface area (Å²) in [7, 11) is 0. The molecule has 0 fully saturated rings. The zero-order chi connectivity index (χ0) is 15.8. The van der Waals surface area contributed by atoms with E-state index in [9.17, 15) is 9.90 Å². The van der Waals surface area contributed by atoms with Crippen LogP contribution in [-0.4, -0.2) is 22.3 Å². The van der Waals surface area contributed by atoms with Crippen LogP contribution in [0.15, 0.2) is 12.2 Å². The Morgan fingerprint density at radius 2 is 1.57 bits per heavy atom. The molecule has 0 aliphatic heterocycles. The van der Waals surface area contributed by atoms with Gasteiger partial charge in [-0.25, -0.2) is 0 Å². The molecule has 0 aromatic heterocycles. The molecule has 132 valence electrons. The Morgan fingerprint density at radius 3 is 2.22 bits per heavy atom. The third-order valence-corrected chi connectivity index (χ3v) is 3.73. The first-order valence-corrected chi connectivity index (χ1v) is 8.71. The maximum atomic E-state index is 10.3. The molecule has 0 heterocycles. The van der Waals surface area contributed by atoms with Crippen molar-refractivity contribution in [3.63, 3.8) is 0 Å². The van der Waals surface area contributed by atoms with E-state index in [2.05, 4.69) is 19.1 Å². The average molecular weight is 357 g/mol. The smallest absolute Gasteiger partial charge is 1.00 e. The molecule has 0 spiro atoms. The van der Waals surface area contributed by atoms with Gasteiger partial charge in [-0.15, -0.1) is 0 Å². The standard InChI is InChI=1S/C18H34O3.ClH.Na/c1-2-3-4-11-14-17(19)15-12-9-7-5-6-8-10-13-16-18(20)21;;/h9,12,17,19H,2-8,10-11,13-16H2,1H3,(H,20,21);1H;/q;;+1/p-1/b12-9-;;. The van der Waals surface area contributed by atoms with Crippen molar-refractivity contribution in [3.8, 4) is 0 Å². The summed E-state index contributed by atoms with van der Waals surface area (Å²) in [5, 5.41) is 18.3. The number of halogens is 1. The maximum Gasteiger partial charge on any atom is 1.00 e. The van der Waals surface area contributed by atoms with Crippen molar-refractivity contribution < 1.29 is 57.0 Å². The number of rotatable bonds is 15. The van der Waals surface area contributed by atoms with Gasteiger partial charge in [0.2, 0.25) is 0 Å². The van der Waals surface area contributed by atoms with Gasteiger partial charge in [0.15, 0.2) is 0 Å². The van der Waals surface area contributed by atoms with Crippen LogP contribution in [0.25, 0.3) is 0 Å². The Labute approximate surface area is 171 Å². The third kappa shape index (κ3) is 24.8. The van der Waals surface area contributed by atoms with Gasteiger partial charge in [-0.1, -0.05) is 64.0 Å². The van der Waals surface area contributed by atoms with Crippen molar-refractivity contribution in [2.24, 2.45) is 0 Å². The van der Waals surface area contributed by atoms with Crippen molar-refractivity contribution >= 4 is 5.97 Å². The molecular formula is C18H34ClNaO3. The first kappa shape index (κ1) is 28.3. The van der Waals surface area contributed by atoms with E-state index in [1.807, 2.05) is 0 Å². The van der Waals surface area contributed by atoms with Crippen LogP contribution in [0.4, 0.5) is 0 Å². The summed E-state index contributed by atoms with van der Waals surface area (Å²) in [6.07, 6.45) is 17.4. The molecule has 2 N–H and O–H groups in total. The molecule has 1 unspecified atom stereocenters. The Morgan fingerprint density at radius 1 is 0.957 bits per heavy atom. The number of unbranched alkanes of at least 4 members (excludes halogenated alkanes) is 8. The second-order valence-corrected chi connectivity index (χ2v) is 5.91. The van der Waals surface area contributed by atoms with Crippen molar-refractivity contribution in [1.29, 1.82) is 0 Å². The summed E-state index contributed by atoms with van der Waals surface area (Å²) in [4.78, 5) is 10.3. The number of carboxylic acid groups (broad SMARTS) is 1. The summed E-state index contributed by atoms with van der Waals surface area (Å²) < 4.78 is 0. The molecule has 23 heavy (non-hydrogen) atoms. The minimum atomic E-state index is -0.689. The number of aliphatic hydroxyl groups is 1. The minimum Gasteiger partial charge on any atom is -1.00 e. The molecule has 0 saturated carbocycles. The van der Waals surface area contributed by atoms with Crippen molar-refractivity contribution in [3.05, 3.63) is 12.2 Å². The van der Waals surface area contributed by atoms with Gasteiger partial charge < -0.3 is 22.6 Å². The van der Waals surface area contributed by atoms with Gasteiger partial charge in [0.25, 0.3) is 0 Å². The molecular weight excluding hydrogens is 323 g/mol. The maximum absolute atomic E-state index is 10.3. The molecule has 1 atom stereocenters. The van der Waals surface area contributed by atoms with E-state index in [-0.39, 0.29) is 48.1 Å². The molecule has 0 aliphatic carbocycles. The molecule has 0 amide bonds. The van der Waals surface area contributed by atoms with Crippen LogP contribution in [0.2, 0.25) is 0 Å². The van der Waals surface area contributed by atoms with E-state index in [1.165, 1.54) is 25.7 Å². The SMILES string of the molecule is CCCCCCC(O)C/C=C\CCCCCCCC(=O)O.[Cl-].[Na+]. The Hall–Kier alpha value is 0.460. The van der Waals surface area contributed by atoms with Gasteiger partial charge in [0, 0.05) is 6.42 Å². The Balaban J connectivity index is -0.00000200. The summed E-state index contributed by atoms with van der Waals surface area (Å²) in [5.74, 6) is -0.689. The van der Waals surface area contributed by atoms with Gasteiger partial charge in [0.1, 0.15) is 0 Å². The van der Waals surface area contributed by atoms with Crippen molar-refractivity contribution in [2.75, 3.05) is 0 Å². The van der Waals surface area contributed by atoms with E-state index in [0.717, 1.165) is 51.4 Å². The molecule has 0 bridgehead atoms.